The van der Waals surface area contributed by atoms with E-state index in [1.807, 2.05) is 36.4 Å². The molecule has 1 N–H and O–H groups in total. The Kier molecular flexibility index (Phi) is 4.68. The topological polar surface area (TPSA) is 30.5 Å². The van der Waals surface area contributed by atoms with E-state index in [4.69, 9.17) is 9.47 Å². The van der Waals surface area contributed by atoms with E-state index >= 15 is 0 Å². The molecule has 0 aliphatic heterocycles. The van der Waals surface area contributed by atoms with Crippen molar-refractivity contribution in [2.24, 2.45) is 0 Å². The van der Waals surface area contributed by atoms with E-state index in [1.54, 1.807) is 14.2 Å². The van der Waals surface area contributed by atoms with Crippen LogP contribution in [0.25, 0.3) is 0 Å². The lowest BCUT2D eigenvalue weighted by Crippen LogP contribution is -1.99. The summed E-state index contributed by atoms with van der Waals surface area (Å²) in [5.74, 6) is 1.70. The van der Waals surface area contributed by atoms with E-state index in [2.05, 4.69) is 27.3 Å². The highest BCUT2D eigenvalue weighted by Crippen LogP contribution is 2.28. The minimum absolute atomic E-state index is 0.746. The molecule has 2 rings (SSSR count). The normalized spacial score (nSPS) is 10.1. The first-order valence-electron chi connectivity index (χ1n) is 5.93. The number of anilines is 1. The fraction of sp³-hybridized carbons (Fsp3) is 0.200. The molecule has 0 bridgehead atoms. The smallest absolute Gasteiger partial charge is 0.133 e. The summed E-state index contributed by atoms with van der Waals surface area (Å²) in [6.45, 7) is 0.746. The van der Waals surface area contributed by atoms with Crippen LogP contribution in [0.3, 0.4) is 0 Å². The minimum atomic E-state index is 0.746. The Labute approximate surface area is 121 Å². The zero-order valence-electron chi connectivity index (χ0n) is 10.9. The average molecular weight is 322 g/mol. The van der Waals surface area contributed by atoms with Gasteiger partial charge in [-0.3, -0.25) is 0 Å². The van der Waals surface area contributed by atoms with Crippen LogP contribution in [-0.2, 0) is 6.54 Å². The summed E-state index contributed by atoms with van der Waals surface area (Å²) < 4.78 is 11.3. The Hall–Kier alpha value is -1.68. The maximum absolute atomic E-state index is 5.20. The second kappa shape index (κ2) is 6.48. The summed E-state index contributed by atoms with van der Waals surface area (Å²) in [7, 11) is 3.33. The second-order valence-corrected chi connectivity index (χ2v) is 4.91. The van der Waals surface area contributed by atoms with Crippen LogP contribution in [0, 0.1) is 0 Å². The summed E-state index contributed by atoms with van der Waals surface area (Å²) in [5.41, 5.74) is 2.21. The molecule has 0 aliphatic carbocycles. The molecule has 0 radical (unpaired) electrons. The number of hydrogen-bond donors (Lipinski definition) is 1. The molecule has 100 valence electrons. The van der Waals surface area contributed by atoms with Gasteiger partial charge in [0.1, 0.15) is 11.5 Å². The predicted octanol–water partition coefficient (Wildman–Crippen LogP) is 4.08. The molecule has 4 heteroatoms. The SMILES string of the molecule is COc1cccc(CNc2ccc(OC)c(Br)c2)c1. The van der Waals surface area contributed by atoms with E-state index in [0.717, 1.165) is 28.2 Å². The Balaban J connectivity index is 2.03. The first kappa shape index (κ1) is 13.7. The highest BCUT2D eigenvalue weighted by atomic mass is 79.9. The van der Waals surface area contributed by atoms with E-state index in [0.29, 0.717) is 0 Å². The number of rotatable bonds is 5. The average Bonchev–Trinajstić information content (AvgIpc) is 2.45. The maximum Gasteiger partial charge on any atom is 0.133 e. The third kappa shape index (κ3) is 3.64. The molecule has 2 aromatic carbocycles. The molecule has 0 aliphatic rings. The standard InChI is InChI=1S/C15H16BrNO2/c1-18-13-5-3-4-11(8-13)10-17-12-6-7-15(19-2)14(16)9-12/h3-9,17H,10H2,1-2H3. The first-order valence-corrected chi connectivity index (χ1v) is 6.72. The number of benzene rings is 2. The maximum atomic E-state index is 5.20. The number of methoxy groups -OCH3 is 2. The molecular formula is C15H16BrNO2. The molecule has 0 atom stereocenters. The molecule has 0 saturated heterocycles. The van der Waals surface area contributed by atoms with Crippen molar-refractivity contribution in [2.45, 2.75) is 6.54 Å². The van der Waals surface area contributed by atoms with Crippen LogP contribution >= 0.6 is 15.9 Å². The van der Waals surface area contributed by atoms with Gasteiger partial charge in [-0.25, -0.2) is 0 Å². The summed E-state index contributed by atoms with van der Waals surface area (Å²) in [5, 5.41) is 3.36. The van der Waals surface area contributed by atoms with Crippen LogP contribution in [0.5, 0.6) is 11.5 Å². The van der Waals surface area contributed by atoms with Gasteiger partial charge in [0, 0.05) is 12.2 Å². The molecule has 0 heterocycles. The van der Waals surface area contributed by atoms with Gasteiger partial charge in [-0.05, 0) is 51.8 Å². The Morgan fingerprint density at radius 3 is 2.58 bits per heavy atom. The molecule has 3 nitrogen and oxygen atoms in total. The highest BCUT2D eigenvalue weighted by molar-refractivity contribution is 9.10. The van der Waals surface area contributed by atoms with Crippen molar-refractivity contribution in [3.63, 3.8) is 0 Å². The van der Waals surface area contributed by atoms with Gasteiger partial charge in [0.15, 0.2) is 0 Å². The lowest BCUT2D eigenvalue weighted by atomic mass is 10.2. The van der Waals surface area contributed by atoms with Gasteiger partial charge in [-0.1, -0.05) is 12.1 Å². The van der Waals surface area contributed by atoms with Gasteiger partial charge in [0.25, 0.3) is 0 Å². The van der Waals surface area contributed by atoms with Crippen LogP contribution in [0.15, 0.2) is 46.9 Å². The fourth-order valence-electron chi connectivity index (χ4n) is 1.76. The molecule has 0 aromatic heterocycles. The van der Waals surface area contributed by atoms with Crippen LogP contribution < -0.4 is 14.8 Å². The Morgan fingerprint density at radius 2 is 1.89 bits per heavy atom. The van der Waals surface area contributed by atoms with Gasteiger partial charge in [-0.15, -0.1) is 0 Å². The Morgan fingerprint density at radius 1 is 1.05 bits per heavy atom. The number of hydrogen-bond acceptors (Lipinski definition) is 3. The molecule has 0 saturated carbocycles. The van der Waals surface area contributed by atoms with Crippen molar-refractivity contribution in [3.05, 3.63) is 52.5 Å². The number of ether oxygens (including phenoxy) is 2. The zero-order valence-corrected chi connectivity index (χ0v) is 12.5. The number of nitrogens with one attached hydrogen (secondary N) is 1. The quantitative estimate of drug-likeness (QED) is 0.900. The first-order chi connectivity index (χ1) is 9.22. The molecule has 0 spiro atoms. The van der Waals surface area contributed by atoms with Crippen molar-refractivity contribution in [2.75, 3.05) is 19.5 Å². The third-order valence-corrected chi connectivity index (χ3v) is 3.40. The van der Waals surface area contributed by atoms with Crippen molar-refractivity contribution in [1.82, 2.24) is 0 Å². The lowest BCUT2D eigenvalue weighted by Gasteiger charge is -2.10. The third-order valence-electron chi connectivity index (χ3n) is 2.78. The van der Waals surface area contributed by atoms with Crippen LogP contribution in [0.2, 0.25) is 0 Å². The van der Waals surface area contributed by atoms with Crippen LogP contribution in [-0.4, -0.2) is 14.2 Å². The van der Waals surface area contributed by atoms with Crippen molar-refractivity contribution >= 4 is 21.6 Å². The van der Waals surface area contributed by atoms with E-state index in [-0.39, 0.29) is 0 Å². The van der Waals surface area contributed by atoms with Gasteiger partial charge >= 0.3 is 0 Å². The molecule has 0 fully saturated rings. The summed E-state index contributed by atoms with van der Waals surface area (Å²) in [6, 6.07) is 13.9. The van der Waals surface area contributed by atoms with Gasteiger partial charge < -0.3 is 14.8 Å². The molecule has 19 heavy (non-hydrogen) atoms. The molecule has 2 aromatic rings. The van der Waals surface area contributed by atoms with E-state index in [1.165, 1.54) is 5.56 Å². The van der Waals surface area contributed by atoms with E-state index in [9.17, 15) is 0 Å². The largest absolute Gasteiger partial charge is 0.497 e. The summed E-state index contributed by atoms with van der Waals surface area (Å²) in [4.78, 5) is 0. The van der Waals surface area contributed by atoms with Gasteiger partial charge in [0.2, 0.25) is 0 Å². The minimum Gasteiger partial charge on any atom is -0.497 e. The van der Waals surface area contributed by atoms with Crippen LogP contribution in [0.1, 0.15) is 5.56 Å². The Bertz CT molecular complexity index is 558. The van der Waals surface area contributed by atoms with Crippen molar-refractivity contribution < 1.29 is 9.47 Å². The predicted molar refractivity (Wildman–Crippen MR) is 81.0 cm³/mol. The number of halogens is 1. The van der Waals surface area contributed by atoms with E-state index < -0.39 is 0 Å². The van der Waals surface area contributed by atoms with Crippen molar-refractivity contribution in [1.29, 1.82) is 0 Å². The second-order valence-electron chi connectivity index (χ2n) is 4.05. The van der Waals surface area contributed by atoms with Crippen molar-refractivity contribution in [3.8, 4) is 11.5 Å². The molecule has 0 unspecified atom stereocenters. The molecular weight excluding hydrogens is 306 g/mol. The summed E-state index contributed by atoms with van der Waals surface area (Å²) >= 11 is 3.47. The monoisotopic (exact) mass is 321 g/mol. The highest BCUT2D eigenvalue weighted by Gasteiger charge is 2.01. The van der Waals surface area contributed by atoms with Crippen LogP contribution in [0.4, 0.5) is 5.69 Å². The molecule has 0 amide bonds. The lowest BCUT2D eigenvalue weighted by molar-refractivity contribution is 0.412. The summed E-state index contributed by atoms with van der Waals surface area (Å²) in [6.07, 6.45) is 0. The van der Waals surface area contributed by atoms with Gasteiger partial charge in [-0.2, -0.15) is 0 Å². The fourth-order valence-corrected chi connectivity index (χ4v) is 2.30. The zero-order chi connectivity index (χ0) is 13.7. The van der Waals surface area contributed by atoms with Gasteiger partial charge in [0.05, 0.1) is 18.7 Å².